The van der Waals surface area contributed by atoms with Crippen LogP contribution in [0.4, 0.5) is 5.13 Å². The van der Waals surface area contributed by atoms with Crippen LogP contribution in [-0.2, 0) is 0 Å². The molecule has 2 aromatic rings. The Labute approximate surface area is 136 Å². The molecule has 0 aliphatic carbocycles. The Kier molecular flexibility index (Phi) is 5.72. The van der Waals surface area contributed by atoms with Gasteiger partial charge in [-0.25, -0.2) is 4.99 Å². The quantitative estimate of drug-likeness (QED) is 0.349. The van der Waals surface area contributed by atoms with E-state index >= 15 is 0 Å². The van der Waals surface area contributed by atoms with E-state index in [4.69, 9.17) is 11.6 Å². The fourth-order valence-corrected chi connectivity index (χ4v) is 3.03. The number of hydrogen-bond donors (Lipinski definition) is 0. The summed E-state index contributed by atoms with van der Waals surface area (Å²) in [6, 6.07) is 6.85. The Morgan fingerprint density at radius 2 is 2.10 bits per heavy atom. The number of ketones is 1. The molecule has 0 N–H and O–H groups in total. The Balaban J connectivity index is 1.91. The van der Waals surface area contributed by atoms with Crippen LogP contribution in [0.3, 0.4) is 0 Å². The van der Waals surface area contributed by atoms with Gasteiger partial charge < -0.3 is 4.90 Å². The van der Waals surface area contributed by atoms with E-state index in [-0.39, 0.29) is 5.78 Å². The average Bonchev–Trinajstić information content (AvgIpc) is 2.91. The number of benzene rings is 1. The topological polar surface area (TPSA) is 58.5 Å². The molecule has 2 rings (SSSR count). The van der Waals surface area contributed by atoms with Crippen LogP contribution < -0.4 is 0 Å². The molecule has 0 spiro atoms. The van der Waals surface area contributed by atoms with Gasteiger partial charge in [0.05, 0.1) is 12.1 Å². The van der Waals surface area contributed by atoms with Gasteiger partial charge in [0.1, 0.15) is 0 Å². The van der Waals surface area contributed by atoms with E-state index in [2.05, 4.69) is 15.2 Å². The van der Waals surface area contributed by atoms with Crippen LogP contribution >= 0.6 is 34.7 Å². The molecule has 5 nitrogen and oxygen atoms in total. The molecule has 0 saturated heterocycles. The van der Waals surface area contributed by atoms with E-state index in [1.54, 1.807) is 30.6 Å². The number of carbonyl (C=O) groups is 1. The minimum Gasteiger partial charge on any atom is -0.369 e. The monoisotopic (exact) mass is 340 g/mol. The third-order valence-corrected chi connectivity index (χ3v) is 4.50. The van der Waals surface area contributed by atoms with Gasteiger partial charge in [-0.3, -0.25) is 4.79 Å². The Morgan fingerprint density at radius 3 is 2.76 bits per heavy atom. The van der Waals surface area contributed by atoms with Crippen LogP contribution in [-0.4, -0.2) is 47.1 Å². The summed E-state index contributed by atoms with van der Waals surface area (Å²) < 4.78 is 0.725. The first-order valence-corrected chi connectivity index (χ1v) is 8.18. The van der Waals surface area contributed by atoms with Crippen molar-refractivity contribution in [3.05, 3.63) is 34.9 Å². The molecule has 8 heteroatoms. The van der Waals surface area contributed by atoms with Crippen molar-refractivity contribution in [1.82, 2.24) is 15.1 Å². The molecule has 0 atom stereocenters. The highest BCUT2D eigenvalue weighted by Gasteiger charge is 2.09. The molecule has 1 aromatic heterocycles. The van der Waals surface area contributed by atoms with Crippen LogP contribution in [0, 0.1) is 0 Å². The van der Waals surface area contributed by atoms with Crippen molar-refractivity contribution in [3.63, 3.8) is 0 Å². The van der Waals surface area contributed by atoms with E-state index in [1.807, 2.05) is 19.0 Å². The number of aromatic nitrogens is 2. The van der Waals surface area contributed by atoms with Crippen LogP contribution in [0.5, 0.6) is 0 Å². The highest BCUT2D eigenvalue weighted by Crippen LogP contribution is 2.27. The standard InChI is InChI=1S/C13H13ClN4OS2/c1-18(2)8-15-12-16-17-13(21-12)20-7-11(19)9-3-5-10(14)6-4-9/h3-6,8H,7H2,1-2H3/b15-8+. The van der Waals surface area contributed by atoms with Crippen molar-refractivity contribution in [2.24, 2.45) is 4.99 Å². The number of Topliss-reactive ketones (excluding diaryl/α,β-unsaturated/α-hetero) is 1. The summed E-state index contributed by atoms with van der Waals surface area (Å²) in [5.41, 5.74) is 0.641. The lowest BCUT2D eigenvalue weighted by Gasteiger charge is -1.99. The number of carbonyl (C=O) groups excluding carboxylic acids is 1. The summed E-state index contributed by atoms with van der Waals surface area (Å²) in [7, 11) is 3.76. The molecular weight excluding hydrogens is 328 g/mol. The summed E-state index contributed by atoms with van der Waals surface area (Å²) in [6.45, 7) is 0. The van der Waals surface area contributed by atoms with Crippen LogP contribution in [0.25, 0.3) is 0 Å². The number of hydrogen-bond acceptors (Lipinski definition) is 6. The highest BCUT2D eigenvalue weighted by atomic mass is 35.5. The summed E-state index contributed by atoms with van der Waals surface area (Å²) in [6.07, 6.45) is 1.66. The molecule has 0 unspecified atom stereocenters. The van der Waals surface area contributed by atoms with Crippen LogP contribution in [0.1, 0.15) is 10.4 Å². The molecule has 0 bridgehead atoms. The predicted octanol–water partition coefficient (Wildman–Crippen LogP) is 3.39. The summed E-state index contributed by atoms with van der Waals surface area (Å²) in [5.74, 6) is 0.346. The SMILES string of the molecule is CN(C)/C=N/c1nnc(SCC(=O)c2ccc(Cl)cc2)s1. The van der Waals surface area contributed by atoms with Crippen LogP contribution in [0.2, 0.25) is 5.02 Å². The Morgan fingerprint density at radius 1 is 1.38 bits per heavy atom. The minimum atomic E-state index is 0.0326. The van der Waals surface area contributed by atoms with Crippen molar-refractivity contribution in [3.8, 4) is 0 Å². The fraction of sp³-hybridized carbons (Fsp3) is 0.231. The summed E-state index contributed by atoms with van der Waals surface area (Å²) in [4.78, 5) is 18.0. The lowest BCUT2D eigenvalue weighted by molar-refractivity contribution is 0.102. The fourth-order valence-electron chi connectivity index (χ4n) is 1.32. The maximum atomic E-state index is 12.0. The first-order valence-electron chi connectivity index (χ1n) is 6.00. The Hall–Kier alpha value is -1.44. The molecule has 0 aliphatic heterocycles. The van der Waals surface area contributed by atoms with Crippen LogP contribution in [0.15, 0.2) is 33.6 Å². The predicted molar refractivity (Wildman–Crippen MR) is 88.3 cm³/mol. The molecule has 0 amide bonds. The number of rotatable bonds is 6. The lowest BCUT2D eigenvalue weighted by atomic mass is 10.1. The average molecular weight is 341 g/mol. The van der Waals surface area contributed by atoms with Gasteiger partial charge in [0, 0.05) is 24.7 Å². The number of halogens is 1. The van der Waals surface area contributed by atoms with E-state index in [9.17, 15) is 4.79 Å². The van der Waals surface area contributed by atoms with Gasteiger partial charge >= 0.3 is 0 Å². The molecule has 1 aromatic carbocycles. The van der Waals surface area contributed by atoms with Gasteiger partial charge in [-0.2, -0.15) is 0 Å². The van der Waals surface area contributed by atoms with Crippen molar-refractivity contribution in [2.45, 2.75) is 4.34 Å². The van der Waals surface area contributed by atoms with Gasteiger partial charge in [0.15, 0.2) is 10.1 Å². The van der Waals surface area contributed by atoms with Crippen molar-refractivity contribution >= 4 is 52.0 Å². The van der Waals surface area contributed by atoms with Gasteiger partial charge in [-0.15, -0.1) is 10.2 Å². The van der Waals surface area contributed by atoms with E-state index in [1.165, 1.54) is 23.1 Å². The van der Waals surface area contributed by atoms with E-state index in [0.29, 0.717) is 21.5 Å². The third kappa shape index (κ3) is 5.11. The zero-order chi connectivity index (χ0) is 15.2. The maximum absolute atomic E-state index is 12.0. The maximum Gasteiger partial charge on any atom is 0.233 e. The Bertz CT molecular complexity index is 640. The minimum absolute atomic E-state index is 0.0326. The van der Waals surface area contributed by atoms with E-state index in [0.717, 1.165) is 4.34 Å². The van der Waals surface area contributed by atoms with Gasteiger partial charge in [0.25, 0.3) is 0 Å². The first kappa shape index (κ1) is 15.9. The van der Waals surface area contributed by atoms with Crippen molar-refractivity contribution < 1.29 is 4.79 Å². The molecular formula is C13H13ClN4OS2. The zero-order valence-electron chi connectivity index (χ0n) is 11.5. The van der Waals surface area contributed by atoms with Gasteiger partial charge in [0.2, 0.25) is 5.13 Å². The van der Waals surface area contributed by atoms with Crippen molar-refractivity contribution in [2.75, 3.05) is 19.8 Å². The molecule has 0 aliphatic rings. The van der Waals surface area contributed by atoms with Gasteiger partial charge in [-0.05, 0) is 24.3 Å². The number of thioether (sulfide) groups is 1. The normalized spacial score (nSPS) is 11.0. The number of aliphatic imine (C=N–C) groups is 1. The molecule has 0 radical (unpaired) electrons. The highest BCUT2D eigenvalue weighted by molar-refractivity contribution is 8.01. The van der Waals surface area contributed by atoms with E-state index < -0.39 is 0 Å². The molecule has 1 heterocycles. The third-order valence-electron chi connectivity index (χ3n) is 2.29. The largest absolute Gasteiger partial charge is 0.369 e. The first-order chi connectivity index (χ1) is 10.0. The van der Waals surface area contributed by atoms with Gasteiger partial charge in [-0.1, -0.05) is 34.7 Å². The zero-order valence-corrected chi connectivity index (χ0v) is 13.9. The summed E-state index contributed by atoms with van der Waals surface area (Å²) >= 11 is 8.51. The molecule has 21 heavy (non-hydrogen) atoms. The lowest BCUT2D eigenvalue weighted by Crippen LogP contribution is -2.06. The molecule has 0 fully saturated rings. The summed E-state index contributed by atoms with van der Waals surface area (Å²) in [5, 5.41) is 9.14. The molecule has 0 saturated carbocycles. The second-order valence-corrected chi connectivity index (χ2v) is 6.89. The molecule has 110 valence electrons. The van der Waals surface area contributed by atoms with Crippen molar-refractivity contribution in [1.29, 1.82) is 0 Å². The second-order valence-electron chi connectivity index (χ2n) is 4.28. The second kappa shape index (κ2) is 7.53. The number of nitrogens with zero attached hydrogens (tertiary/aromatic N) is 4. The smallest absolute Gasteiger partial charge is 0.233 e.